The molecule has 9 rings (SSSR count). The molecule has 0 aliphatic rings. The van der Waals surface area contributed by atoms with Crippen molar-refractivity contribution in [1.82, 2.24) is 29.1 Å². The molecule has 0 bridgehead atoms. The molecule has 9 aromatic rings. The SMILES string of the molecule is COC(=O)C(OC(C)(C)C)c1c(C)nc2[nH]c(C)c(C)c2c1-c1ccc(Cl)cc1.COC(=O)C(OC(C)(C)C)c1c(C)nc2c(c(C)c(C)n2CCOC(C)(C)C)c1-c1ccc(Cl)cc1.Cc1nc2c(c(C)c(C)n2CCO)c(-c2ccc(Cl)cc2)c1C(OC(C)(C)C)C(=O)O. The summed E-state index contributed by atoms with van der Waals surface area (Å²) in [6.45, 7) is 42.6. The molecule has 0 aliphatic carbocycles. The van der Waals surface area contributed by atoms with E-state index in [0.717, 1.165) is 100 Å². The second-order valence-electron chi connectivity index (χ2n) is 28.1. The highest BCUT2D eigenvalue weighted by Crippen LogP contribution is 2.46. The number of hydrogen-bond acceptors (Lipinski definition) is 13. The fraction of sp³-hybridized carbons (Fsp3) is 0.447. The Hall–Kier alpha value is -7.19. The number of nitrogens with zero attached hydrogens (tertiary/aromatic N) is 5. The zero-order chi connectivity index (χ0) is 71.6. The maximum Gasteiger partial charge on any atom is 0.339 e. The average Bonchev–Trinajstić information content (AvgIpc) is 1.50. The van der Waals surface area contributed by atoms with Crippen LogP contribution in [0.2, 0.25) is 15.1 Å². The number of aryl methyl sites for hydroxylation is 7. The number of carbonyl (C=O) groups is 3. The molecule has 0 saturated carbocycles. The van der Waals surface area contributed by atoms with Gasteiger partial charge in [0.25, 0.3) is 0 Å². The molecule has 0 aliphatic heterocycles. The Labute approximate surface area is 580 Å². The van der Waals surface area contributed by atoms with E-state index in [1.165, 1.54) is 14.2 Å². The number of rotatable bonds is 17. The predicted octanol–water partition coefficient (Wildman–Crippen LogP) is 18.2. The van der Waals surface area contributed by atoms with Gasteiger partial charge in [-0.1, -0.05) is 71.2 Å². The van der Waals surface area contributed by atoms with Crippen molar-refractivity contribution < 1.29 is 53.0 Å². The second kappa shape index (κ2) is 30.3. The van der Waals surface area contributed by atoms with Crippen LogP contribution in [0.5, 0.6) is 0 Å². The number of aromatic amines is 1. The van der Waals surface area contributed by atoms with E-state index in [4.69, 9.17) is 78.2 Å². The number of pyridine rings is 3. The fourth-order valence-corrected chi connectivity index (χ4v) is 12.4. The first-order valence-electron chi connectivity index (χ1n) is 32.1. The second-order valence-corrected chi connectivity index (χ2v) is 29.4. The van der Waals surface area contributed by atoms with Gasteiger partial charge in [-0.25, -0.2) is 29.3 Å². The van der Waals surface area contributed by atoms with Gasteiger partial charge >= 0.3 is 17.9 Å². The van der Waals surface area contributed by atoms with Crippen molar-refractivity contribution in [2.45, 2.75) is 199 Å². The number of aromatic nitrogens is 6. The molecular formula is C76H95Cl3N6O11. The predicted molar refractivity (Wildman–Crippen MR) is 385 cm³/mol. The van der Waals surface area contributed by atoms with E-state index >= 15 is 0 Å². The normalized spacial score (nSPS) is 13.1. The Morgan fingerprint density at radius 3 is 1.15 bits per heavy atom. The van der Waals surface area contributed by atoms with Crippen LogP contribution in [0.4, 0.5) is 0 Å². The van der Waals surface area contributed by atoms with Crippen LogP contribution in [-0.4, -0.2) is 107 Å². The largest absolute Gasteiger partial charge is 0.479 e. The van der Waals surface area contributed by atoms with Crippen LogP contribution in [0.3, 0.4) is 0 Å². The fourth-order valence-electron chi connectivity index (χ4n) is 12.0. The first-order chi connectivity index (χ1) is 44.6. The molecule has 3 atom stereocenters. The third-order valence-corrected chi connectivity index (χ3v) is 17.2. The zero-order valence-electron chi connectivity index (χ0n) is 59.9. The summed E-state index contributed by atoms with van der Waals surface area (Å²) < 4.78 is 39.0. The highest BCUT2D eigenvalue weighted by Gasteiger charge is 2.38. The number of H-pyrrole nitrogens is 1. The summed E-state index contributed by atoms with van der Waals surface area (Å²) in [5.74, 6) is -1.99. The number of carboxylic acid groups (broad SMARTS) is 1. The van der Waals surface area contributed by atoms with Gasteiger partial charge in [-0.2, -0.15) is 0 Å². The number of hydrogen-bond donors (Lipinski definition) is 3. The Kier molecular flexibility index (Phi) is 24.0. The molecule has 3 aromatic carbocycles. The highest BCUT2D eigenvalue weighted by atomic mass is 35.5. The Morgan fingerprint density at radius 1 is 0.479 bits per heavy atom. The number of benzene rings is 3. The summed E-state index contributed by atoms with van der Waals surface area (Å²) in [7, 11) is 2.75. The number of ether oxygens (including phenoxy) is 6. The number of aliphatic hydroxyl groups excluding tert-OH is 1. The van der Waals surface area contributed by atoms with Crippen LogP contribution < -0.4 is 0 Å². The van der Waals surface area contributed by atoms with Crippen LogP contribution >= 0.6 is 34.8 Å². The van der Waals surface area contributed by atoms with E-state index in [9.17, 15) is 24.6 Å². The third-order valence-electron chi connectivity index (χ3n) is 16.5. The lowest BCUT2D eigenvalue weighted by atomic mass is 9.91. The van der Waals surface area contributed by atoms with Gasteiger partial charge in [0.05, 0.1) is 49.8 Å². The van der Waals surface area contributed by atoms with Crippen molar-refractivity contribution in [2.24, 2.45) is 0 Å². The maximum absolute atomic E-state index is 13.1. The lowest BCUT2D eigenvalue weighted by Gasteiger charge is -2.29. The summed E-state index contributed by atoms with van der Waals surface area (Å²) >= 11 is 18.5. The lowest BCUT2D eigenvalue weighted by molar-refractivity contribution is -0.164. The number of aliphatic carboxylic acids is 1. The molecule has 17 nitrogen and oxygen atoms in total. The Bertz CT molecular complexity index is 4310. The van der Waals surface area contributed by atoms with Gasteiger partial charge in [0, 0.05) is 112 Å². The van der Waals surface area contributed by atoms with Crippen LogP contribution in [0.25, 0.3) is 66.5 Å². The summed E-state index contributed by atoms with van der Waals surface area (Å²) in [5.41, 5.74) is 15.8. The molecule has 3 N–H and O–H groups in total. The van der Waals surface area contributed by atoms with Gasteiger partial charge in [-0.05, 0) is 215 Å². The lowest BCUT2D eigenvalue weighted by Crippen LogP contribution is -2.29. The first kappa shape index (κ1) is 76.2. The molecule has 3 unspecified atom stereocenters. The molecular weight excluding hydrogens is 1280 g/mol. The molecule has 0 spiro atoms. The Morgan fingerprint density at radius 2 is 0.812 bits per heavy atom. The van der Waals surface area contributed by atoms with E-state index in [1.54, 1.807) is 19.1 Å². The van der Waals surface area contributed by atoms with Crippen LogP contribution in [0.1, 0.15) is 169 Å². The minimum atomic E-state index is -1.19. The van der Waals surface area contributed by atoms with Gasteiger partial charge < -0.3 is 52.8 Å². The van der Waals surface area contributed by atoms with E-state index in [0.29, 0.717) is 68.5 Å². The van der Waals surface area contributed by atoms with E-state index < -0.39 is 53.0 Å². The molecule has 96 heavy (non-hydrogen) atoms. The minimum absolute atomic E-state index is 0.0201. The summed E-state index contributed by atoms with van der Waals surface area (Å²) in [6, 6.07) is 22.6. The standard InChI is InChI=1S/C29H39ClN2O4.C24H29ClN2O4.C23H27ClN2O3/c1-17-19(3)32(15-16-35-28(4,5)6)26-22(17)24(20-11-13-21(30)14-12-20)23(18(2)31-26)25(27(33)34-10)36-29(7,8)9;1-13-15(3)27(11-12-28)22-18(13)20(16-7-9-17(25)10-8-16)19(14(2)26-22)21(23(29)30)31-24(4,5)6;1-12-13(2)25-21-17(12)19(15-8-10-16(24)11-9-15)18(14(3)26-21)20(22(27)28-7)29-23(4,5)6/h11-14,25H,15-16H2,1-10H3;7-10,21,28H,11-12H2,1-6H3,(H,29,30);8-11,20H,1-7H3,(H,25,26). The molecule has 6 aromatic heterocycles. The van der Waals surface area contributed by atoms with Crippen molar-refractivity contribution in [3.05, 3.63) is 155 Å². The van der Waals surface area contributed by atoms with E-state index in [-0.39, 0.29) is 12.2 Å². The van der Waals surface area contributed by atoms with Crippen molar-refractivity contribution in [1.29, 1.82) is 0 Å². The smallest absolute Gasteiger partial charge is 0.339 e. The van der Waals surface area contributed by atoms with Crippen molar-refractivity contribution >= 4 is 85.8 Å². The monoisotopic (exact) mass is 1370 g/mol. The minimum Gasteiger partial charge on any atom is -0.479 e. The van der Waals surface area contributed by atoms with E-state index in [2.05, 4.69) is 23.4 Å². The average molecular weight is 1370 g/mol. The third kappa shape index (κ3) is 17.4. The quantitative estimate of drug-likeness (QED) is 0.0724. The number of methoxy groups -OCH3 is 2. The number of halogens is 3. The van der Waals surface area contributed by atoms with Gasteiger partial charge in [-0.3, -0.25) is 0 Å². The molecule has 0 amide bonds. The maximum atomic E-state index is 13.1. The first-order valence-corrected chi connectivity index (χ1v) is 33.2. The number of carboxylic acids is 1. The van der Waals surface area contributed by atoms with Crippen LogP contribution in [-0.2, 0) is 55.9 Å². The molecule has 20 heteroatoms. The summed E-state index contributed by atoms with van der Waals surface area (Å²) in [6.07, 6.45) is -3.04. The molecule has 0 radical (unpaired) electrons. The Balaban J connectivity index is 0.000000204. The van der Waals surface area contributed by atoms with Crippen molar-refractivity contribution in [3.8, 4) is 33.4 Å². The number of nitrogens with one attached hydrogen (secondary N) is 1. The van der Waals surface area contributed by atoms with Crippen LogP contribution in [0.15, 0.2) is 72.8 Å². The topological polar surface area (TPSA) is 211 Å². The number of esters is 2. The molecule has 0 fully saturated rings. The molecule has 0 saturated heterocycles. The summed E-state index contributed by atoms with van der Waals surface area (Å²) in [4.78, 5) is 56.2. The molecule has 6 heterocycles. The van der Waals surface area contributed by atoms with Crippen molar-refractivity contribution in [2.75, 3.05) is 27.4 Å². The van der Waals surface area contributed by atoms with Crippen molar-refractivity contribution in [3.63, 3.8) is 0 Å². The van der Waals surface area contributed by atoms with Crippen LogP contribution in [0, 0.1) is 62.3 Å². The van der Waals surface area contributed by atoms with Gasteiger partial charge in [0.2, 0.25) is 0 Å². The zero-order valence-corrected chi connectivity index (χ0v) is 62.2. The van der Waals surface area contributed by atoms with E-state index in [1.807, 2.05) is 190 Å². The number of carbonyl (C=O) groups excluding carboxylic acids is 2. The van der Waals surface area contributed by atoms with Gasteiger partial charge in [0.1, 0.15) is 16.9 Å². The summed E-state index contributed by atoms with van der Waals surface area (Å²) in [5, 5.41) is 24.4. The van der Waals surface area contributed by atoms with Gasteiger partial charge in [0.15, 0.2) is 18.3 Å². The number of fused-ring (bicyclic) bond motifs is 3. The number of aliphatic hydroxyl groups is 1. The highest BCUT2D eigenvalue weighted by molar-refractivity contribution is 6.31. The van der Waals surface area contributed by atoms with Gasteiger partial charge in [-0.15, -0.1) is 0 Å². The molecule has 516 valence electrons.